The maximum Gasteiger partial charge on any atom is 0.407 e. The van der Waals surface area contributed by atoms with Gasteiger partial charge in [-0.15, -0.1) is 0 Å². The minimum Gasteiger partial charge on any atom is -0.490 e. The van der Waals surface area contributed by atoms with Gasteiger partial charge in [-0.2, -0.15) is 0 Å². The first-order chi connectivity index (χ1) is 9.77. The molecule has 0 aromatic heterocycles. The lowest BCUT2D eigenvalue weighted by molar-refractivity contribution is 0.0130. The van der Waals surface area contributed by atoms with E-state index in [0.29, 0.717) is 25.1 Å². The van der Waals surface area contributed by atoms with Gasteiger partial charge in [-0.25, -0.2) is 4.79 Å². The Kier molecular flexibility index (Phi) is 4.30. The summed E-state index contributed by atoms with van der Waals surface area (Å²) in [5.74, 6) is 0.783. The van der Waals surface area contributed by atoms with E-state index in [0.717, 1.165) is 5.75 Å². The van der Waals surface area contributed by atoms with Gasteiger partial charge in [0.05, 0.1) is 0 Å². The fraction of sp³-hybridized carbons (Fsp3) is 0.562. The second-order valence-corrected chi connectivity index (χ2v) is 6.69. The second-order valence-electron chi connectivity index (χ2n) is 6.69. The fourth-order valence-electron chi connectivity index (χ4n) is 2.83. The van der Waals surface area contributed by atoms with Crippen LogP contribution in [0.15, 0.2) is 24.3 Å². The summed E-state index contributed by atoms with van der Waals surface area (Å²) < 4.78 is 5.99. The molecule has 3 N–H and O–H groups in total. The molecule has 1 aromatic rings. The third-order valence-corrected chi connectivity index (χ3v) is 3.98. The lowest BCUT2D eigenvalue weighted by atomic mass is 9.80. The average molecular weight is 292 g/mol. The standard InChI is InChI=1S/C16H24N2O3/c1-16(2,3)14-10-13(8-9-18(14)15(19)20)21-12-6-4-11(17)5-7-12/h4-7,13-14H,8-10,17H2,1-3H3,(H,19,20). The van der Waals surface area contributed by atoms with Crippen LogP contribution in [-0.4, -0.2) is 34.8 Å². The van der Waals surface area contributed by atoms with Crippen molar-refractivity contribution in [3.8, 4) is 5.75 Å². The number of rotatable bonds is 2. The zero-order valence-corrected chi connectivity index (χ0v) is 12.9. The number of benzene rings is 1. The van der Waals surface area contributed by atoms with Crippen molar-refractivity contribution in [2.45, 2.75) is 45.8 Å². The van der Waals surface area contributed by atoms with Crippen molar-refractivity contribution >= 4 is 11.8 Å². The molecule has 1 amide bonds. The first-order valence-corrected chi connectivity index (χ1v) is 7.29. The van der Waals surface area contributed by atoms with E-state index in [4.69, 9.17) is 10.5 Å². The fourth-order valence-corrected chi connectivity index (χ4v) is 2.83. The van der Waals surface area contributed by atoms with E-state index < -0.39 is 6.09 Å². The quantitative estimate of drug-likeness (QED) is 0.821. The smallest absolute Gasteiger partial charge is 0.407 e. The maximum absolute atomic E-state index is 11.4. The van der Waals surface area contributed by atoms with Gasteiger partial charge in [-0.1, -0.05) is 20.8 Å². The van der Waals surface area contributed by atoms with Crippen molar-refractivity contribution in [3.63, 3.8) is 0 Å². The second kappa shape index (κ2) is 5.84. The average Bonchev–Trinajstić information content (AvgIpc) is 2.40. The number of piperidine rings is 1. The Balaban J connectivity index is 2.07. The molecular formula is C16H24N2O3. The van der Waals surface area contributed by atoms with Crippen LogP contribution in [0.25, 0.3) is 0 Å². The van der Waals surface area contributed by atoms with E-state index in [1.54, 1.807) is 4.90 Å². The van der Waals surface area contributed by atoms with Crippen molar-refractivity contribution in [1.29, 1.82) is 0 Å². The number of ether oxygens (including phenoxy) is 1. The van der Waals surface area contributed by atoms with E-state index in [2.05, 4.69) is 20.8 Å². The molecule has 1 fully saturated rings. The van der Waals surface area contributed by atoms with Gasteiger partial charge in [-0.05, 0) is 29.7 Å². The molecule has 2 rings (SSSR count). The van der Waals surface area contributed by atoms with E-state index in [9.17, 15) is 9.90 Å². The van der Waals surface area contributed by atoms with Crippen LogP contribution in [0.2, 0.25) is 0 Å². The van der Waals surface area contributed by atoms with Gasteiger partial charge >= 0.3 is 6.09 Å². The SMILES string of the molecule is CC(C)(C)C1CC(Oc2ccc(N)cc2)CCN1C(=O)O. The van der Waals surface area contributed by atoms with Gasteiger partial charge in [0.1, 0.15) is 11.9 Å². The first-order valence-electron chi connectivity index (χ1n) is 7.29. The summed E-state index contributed by atoms with van der Waals surface area (Å²) in [5.41, 5.74) is 6.26. The highest BCUT2D eigenvalue weighted by molar-refractivity contribution is 5.65. The molecule has 1 aliphatic rings. The summed E-state index contributed by atoms with van der Waals surface area (Å²) >= 11 is 0. The molecule has 5 heteroatoms. The zero-order chi connectivity index (χ0) is 15.6. The number of hydrogen-bond donors (Lipinski definition) is 2. The number of nitrogens with two attached hydrogens (primary N) is 1. The summed E-state index contributed by atoms with van der Waals surface area (Å²) in [5, 5.41) is 9.35. The molecule has 0 spiro atoms. The van der Waals surface area contributed by atoms with E-state index in [-0.39, 0.29) is 17.6 Å². The number of amides is 1. The Bertz CT molecular complexity index is 493. The molecule has 1 heterocycles. The molecule has 1 aromatic carbocycles. The van der Waals surface area contributed by atoms with E-state index >= 15 is 0 Å². The first kappa shape index (κ1) is 15.5. The Morgan fingerprint density at radius 1 is 1.33 bits per heavy atom. The summed E-state index contributed by atoms with van der Waals surface area (Å²) in [6.07, 6.45) is 0.609. The van der Waals surface area contributed by atoms with E-state index in [1.807, 2.05) is 24.3 Å². The molecular weight excluding hydrogens is 268 g/mol. The molecule has 0 radical (unpaired) electrons. The molecule has 21 heavy (non-hydrogen) atoms. The van der Waals surface area contributed by atoms with Crippen molar-refractivity contribution < 1.29 is 14.6 Å². The molecule has 116 valence electrons. The summed E-state index contributed by atoms with van der Waals surface area (Å²) in [6.45, 7) is 6.72. The van der Waals surface area contributed by atoms with Crippen LogP contribution in [0.5, 0.6) is 5.75 Å². The lowest BCUT2D eigenvalue weighted by Crippen LogP contribution is -2.53. The van der Waals surface area contributed by atoms with Crippen LogP contribution in [0.4, 0.5) is 10.5 Å². The summed E-state index contributed by atoms with van der Waals surface area (Å²) in [6, 6.07) is 7.28. The number of carbonyl (C=O) groups is 1. The number of likely N-dealkylation sites (tertiary alicyclic amines) is 1. The van der Waals surface area contributed by atoms with Gasteiger partial charge in [0.15, 0.2) is 0 Å². The highest BCUT2D eigenvalue weighted by Crippen LogP contribution is 2.33. The Morgan fingerprint density at radius 2 is 1.95 bits per heavy atom. The Hall–Kier alpha value is -1.91. The van der Waals surface area contributed by atoms with Gasteiger partial charge in [0.25, 0.3) is 0 Å². The minimum atomic E-state index is -0.846. The third kappa shape index (κ3) is 3.80. The molecule has 0 aliphatic carbocycles. The minimum absolute atomic E-state index is 0.0356. The summed E-state index contributed by atoms with van der Waals surface area (Å²) in [7, 11) is 0. The van der Waals surface area contributed by atoms with Crippen LogP contribution in [0.3, 0.4) is 0 Å². The number of nitrogens with zero attached hydrogens (tertiary/aromatic N) is 1. The largest absolute Gasteiger partial charge is 0.490 e. The van der Waals surface area contributed by atoms with Crippen LogP contribution in [-0.2, 0) is 0 Å². The molecule has 2 unspecified atom stereocenters. The van der Waals surface area contributed by atoms with Crippen LogP contribution >= 0.6 is 0 Å². The Labute approximate surface area is 125 Å². The number of nitrogen functional groups attached to an aromatic ring is 1. The van der Waals surface area contributed by atoms with Crippen molar-refractivity contribution in [2.75, 3.05) is 12.3 Å². The zero-order valence-electron chi connectivity index (χ0n) is 12.9. The summed E-state index contributed by atoms with van der Waals surface area (Å²) in [4.78, 5) is 12.9. The van der Waals surface area contributed by atoms with E-state index in [1.165, 1.54) is 0 Å². The van der Waals surface area contributed by atoms with Crippen LogP contribution in [0, 0.1) is 5.41 Å². The third-order valence-electron chi connectivity index (χ3n) is 3.98. The monoisotopic (exact) mass is 292 g/mol. The highest BCUT2D eigenvalue weighted by Gasteiger charge is 2.39. The predicted molar refractivity (Wildman–Crippen MR) is 82.5 cm³/mol. The number of carboxylic acid groups (broad SMARTS) is 1. The number of hydrogen-bond acceptors (Lipinski definition) is 3. The van der Waals surface area contributed by atoms with Gasteiger partial charge in [0, 0.05) is 31.1 Å². The predicted octanol–water partition coefficient (Wildman–Crippen LogP) is 3.20. The number of anilines is 1. The highest BCUT2D eigenvalue weighted by atomic mass is 16.5. The molecule has 1 saturated heterocycles. The normalized spacial score (nSPS) is 22.9. The van der Waals surface area contributed by atoms with Gasteiger partial charge in [0.2, 0.25) is 0 Å². The van der Waals surface area contributed by atoms with Crippen molar-refractivity contribution in [1.82, 2.24) is 4.90 Å². The topological polar surface area (TPSA) is 75.8 Å². The molecule has 5 nitrogen and oxygen atoms in total. The van der Waals surface area contributed by atoms with Crippen LogP contribution < -0.4 is 10.5 Å². The molecule has 0 bridgehead atoms. The van der Waals surface area contributed by atoms with Gasteiger partial charge in [-0.3, -0.25) is 0 Å². The molecule has 2 atom stereocenters. The molecule has 1 aliphatic heterocycles. The lowest BCUT2D eigenvalue weighted by Gasteiger charge is -2.44. The van der Waals surface area contributed by atoms with Gasteiger partial charge < -0.3 is 20.5 Å². The Morgan fingerprint density at radius 3 is 2.48 bits per heavy atom. The maximum atomic E-state index is 11.4. The van der Waals surface area contributed by atoms with Crippen molar-refractivity contribution in [2.24, 2.45) is 5.41 Å². The van der Waals surface area contributed by atoms with Crippen LogP contribution in [0.1, 0.15) is 33.6 Å². The molecule has 0 saturated carbocycles. The van der Waals surface area contributed by atoms with Crippen molar-refractivity contribution in [3.05, 3.63) is 24.3 Å².